The van der Waals surface area contributed by atoms with Crippen LogP contribution in [0.5, 0.6) is 0 Å². The Kier molecular flexibility index (Phi) is 4.93. The van der Waals surface area contributed by atoms with E-state index in [2.05, 4.69) is 67.6 Å². The van der Waals surface area contributed by atoms with E-state index in [1.54, 1.807) is 0 Å². The number of halogens is 1. The summed E-state index contributed by atoms with van der Waals surface area (Å²) in [6.45, 7) is 2.28. The van der Waals surface area contributed by atoms with Crippen LogP contribution in [0.25, 0.3) is 0 Å². The molecular formula is C15H17ClSn. The van der Waals surface area contributed by atoms with Gasteiger partial charge in [-0.2, -0.15) is 0 Å². The van der Waals surface area contributed by atoms with Crippen molar-refractivity contribution in [3.05, 3.63) is 66.2 Å². The summed E-state index contributed by atoms with van der Waals surface area (Å²) in [5, 5.41) is 0. The van der Waals surface area contributed by atoms with Crippen molar-refractivity contribution in [2.24, 2.45) is 0 Å². The molecule has 0 saturated carbocycles. The third kappa shape index (κ3) is 3.75. The van der Waals surface area contributed by atoms with Crippen molar-refractivity contribution in [2.45, 2.75) is 17.3 Å². The zero-order valence-corrected chi connectivity index (χ0v) is 14.1. The Bertz CT molecular complexity index is 397. The van der Waals surface area contributed by atoms with E-state index in [0.29, 0.717) is 5.92 Å². The fourth-order valence-corrected chi connectivity index (χ4v) is 9.95. The van der Waals surface area contributed by atoms with Gasteiger partial charge in [0.05, 0.1) is 0 Å². The van der Waals surface area contributed by atoms with Gasteiger partial charge < -0.3 is 0 Å². The Morgan fingerprint density at radius 3 is 2.06 bits per heavy atom. The van der Waals surface area contributed by atoms with Crippen LogP contribution in [0, 0.1) is 0 Å². The first kappa shape index (κ1) is 13.0. The standard InChI is InChI=1S/C9H11.C6H5.ClH.Sn.H/c1-8(2)9-6-4-3-5-7-9;1-2-4-6-5-3-1;;;/h3-8H,1H2,2H3;1-5H;1H;;/q;;;+1;/p-1. The van der Waals surface area contributed by atoms with Crippen LogP contribution in [0.1, 0.15) is 18.4 Å². The van der Waals surface area contributed by atoms with Crippen LogP contribution >= 0.6 is 8.92 Å². The normalized spacial score (nSPS) is 14.2. The average molecular weight is 351 g/mol. The van der Waals surface area contributed by atoms with Crippen molar-refractivity contribution >= 4 is 31.1 Å². The van der Waals surface area contributed by atoms with Crippen molar-refractivity contribution in [3.63, 3.8) is 0 Å². The third-order valence-electron chi connectivity index (χ3n) is 3.09. The first-order valence-corrected chi connectivity index (χ1v) is 14.2. The summed E-state index contributed by atoms with van der Waals surface area (Å²) in [5.41, 5.74) is 1.41. The van der Waals surface area contributed by atoms with Crippen LogP contribution < -0.4 is 3.58 Å². The molecule has 0 spiro atoms. The second-order valence-electron chi connectivity index (χ2n) is 4.43. The van der Waals surface area contributed by atoms with Gasteiger partial charge in [0, 0.05) is 0 Å². The fraction of sp³-hybridized carbons (Fsp3) is 0.200. The van der Waals surface area contributed by atoms with Crippen LogP contribution in [0.3, 0.4) is 0 Å². The Balaban J connectivity index is 2.02. The van der Waals surface area contributed by atoms with Crippen LogP contribution in [-0.4, -0.2) is 18.6 Å². The fourth-order valence-electron chi connectivity index (χ4n) is 2.03. The van der Waals surface area contributed by atoms with E-state index in [0.717, 1.165) is 0 Å². The Hall–Kier alpha value is -0.471. The van der Waals surface area contributed by atoms with Crippen LogP contribution in [0.4, 0.5) is 0 Å². The third-order valence-corrected chi connectivity index (χ3v) is 12.3. The van der Waals surface area contributed by atoms with Gasteiger partial charge in [0.15, 0.2) is 0 Å². The summed E-state index contributed by atoms with van der Waals surface area (Å²) >= 11 is -2.04. The summed E-state index contributed by atoms with van der Waals surface area (Å²) in [4.78, 5) is 0. The van der Waals surface area contributed by atoms with E-state index in [1.807, 2.05) is 0 Å². The quantitative estimate of drug-likeness (QED) is 0.738. The molecule has 0 fully saturated rings. The number of hydrogen-bond acceptors (Lipinski definition) is 0. The minimum atomic E-state index is -2.04. The zero-order valence-electron chi connectivity index (χ0n) is 10.0. The summed E-state index contributed by atoms with van der Waals surface area (Å²) < 4.78 is 2.59. The van der Waals surface area contributed by atoms with Gasteiger partial charge in [0.2, 0.25) is 0 Å². The molecule has 17 heavy (non-hydrogen) atoms. The van der Waals surface area contributed by atoms with E-state index < -0.39 is 18.6 Å². The zero-order chi connectivity index (χ0) is 12.1. The SMILES string of the molecule is CC([CH2][SnH]([Cl])[c]1ccccc1)c1ccccc1. The molecule has 2 rings (SSSR count). The van der Waals surface area contributed by atoms with E-state index >= 15 is 0 Å². The first-order valence-electron chi connectivity index (χ1n) is 6.01. The van der Waals surface area contributed by atoms with Crippen molar-refractivity contribution < 1.29 is 0 Å². The molecule has 0 amide bonds. The van der Waals surface area contributed by atoms with Gasteiger partial charge in [-0.05, 0) is 0 Å². The molecule has 2 atom stereocenters. The van der Waals surface area contributed by atoms with Crippen molar-refractivity contribution in [1.82, 2.24) is 0 Å². The van der Waals surface area contributed by atoms with Crippen molar-refractivity contribution in [2.75, 3.05) is 0 Å². The Labute approximate surface area is 114 Å². The molecule has 2 aromatic rings. The van der Waals surface area contributed by atoms with Gasteiger partial charge >= 0.3 is 115 Å². The molecule has 0 aliphatic carbocycles. The Morgan fingerprint density at radius 2 is 1.47 bits per heavy atom. The molecule has 2 unspecified atom stereocenters. The van der Waals surface area contributed by atoms with Gasteiger partial charge in [-0.25, -0.2) is 0 Å². The maximum absolute atomic E-state index is 6.66. The first-order chi connectivity index (χ1) is 8.27. The van der Waals surface area contributed by atoms with Gasteiger partial charge in [0.25, 0.3) is 0 Å². The van der Waals surface area contributed by atoms with E-state index in [-0.39, 0.29) is 0 Å². The van der Waals surface area contributed by atoms with Gasteiger partial charge in [-0.1, -0.05) is 0 Å². The van der Waals surface area contributed by atoms with Crippen molar-refractivity contribution in [3.8, 4) is 0 Å². The summed E-state index contributed by atoms with van der Waals surface area (Å²) in [7, 11) is 6.66. The minimum absolute atomic E-state index is 0.578. The number of hydrogen-bond donors (Lipinski definition) is 0. The molecule has 0 nitrogen and oxygen atoms in total. The predicted octanol–water partition coefficient (Wildman–Crippen LogP) is 3.66. The van der Waals surface area contributed by atoms with Crippen LogP contribution in [0.15, 0.2) is 60.7 Å². The molecule has 2 heteroatoms. The Morgan fingerprint density at radius 1 is 0.941 bits per heavy atom. The van der Waals surface area contributed by atoms with E-state index in [4.69, 9.17) is 8.92 Å². The molecule has 0 radical (unpaired) electrons. The van der Waals surface area contributed by atoms with E-state index in [1.165, 1.54) is 13.6 Å². The molecule has 2 aromatic carbocycles. The number of rotatable bonds is 4. The summed E-state index contributed by atoms with van der Waals surface area (Å²) in [6.07, 6.45) is 0. The van der Waals surface area contributed by atoms with Crippen LogP contribution in [-0.2, 0) is 0 Å². The molecule has 0 N–H and O–H groups in total. The summed E-state index contributed by atoms with van der Waals surface area (Å²) in [5.74, 6) is 0.578. The average Bonchev–Trinajstić information content (AvgIpc) is 2.40. The van der Waals surface area contributed by atoms with Gasteiger partial charge in [-0.3, -0.25) is 0 Å². The monoisotopic (exact) mass is 352 g/mol. The molecule has 0 aliphatic heterocycles. The predicted molar refractivity (Wildman–Crippen MR) is 78.7 cm³/mol. The number of benzene rings is 2. The molecule has 0 saturated heterocycles. The van der Waals surface area contributed by atoms with Crippen LogP contribution in [0.2, 0.25) is 4.44 Å². The van der Waals surface area contributed by atoms with Gasteiger partial charge in [0.1, 0.15) is 0 Å². The second-order valence-corrected chi connectivity index (χ2v) is 13.9. The molecule has 0 heterocycles. The maximum atomic E-state index is 6.66. The van der Waals surface area contributed by atoms with Crippen molar-refractivity contribution in [1.29, 1.82) is 0 Å². The summed E-state index contributed by atoms with van der Waals surface area (Å²) in [6, 6.07) is 21.3. The topological polar surface area (TPSA) is 0 Å². The molecule has 0 bridgehead atoms. The molecule has 0 aromatic heterocycles. The molecule has 0 aliphatic rings. The molecular weight excluding hydrogens is 334 g/mol. The molecule has 88 valence electrons. The second kappa shape index (κ2) is 6.46. The van der Waals surface area contributed by atoms with E-state index in [9.17, 15) is 0 Å². The van der Waals surface area contributed by atoms with Gasteiger partial charge in [-0.15, -0.1) is 0 Å².